The van der Waals surface area contributed by atoms with Gasteiger partial charge in [-0.3, -0.25) is 14.5 Å². The lowest BCUT2D eigenvalue weighted by atomic mass is 9.80. The number of likely N-dealkylation sites (tertiary alicyclic amines) is 1. The van der Waals surface area contributed by atoms with Crippen LogP contribution in [0.3, 0.4) is 0 Å². The number of benzene rings is 1. The highest BCUT2D eigenvalue weighted by molar-refractivity contribution is 6.00. The predicted octanol–water partition coefficient (Wildman–Crippen LogP) is 2.72. The lowest BCUT2D eigenvalue weighted by molar-refractivity contribution is -0.165. The Labute approximate surface area is 215 Å². The quantitative estimate of drug-likeness (QED) is 0.541. The first-order valence-electron chi connectivity index (χ1n) is 13.7. The summed E-state index contributed by atoms with van der Waals surface area (Å²) >= 11 is 0. The van der Waals surface area contributed by atoms with E-state index in [2.05, 4.69) is 29.3 Å². The molecule has 3 saturated heterocycles. The fourth-order valence-corrected chi connectivity index (χ4v) is 5.59. The van der Waals surface area contributed by atoms with Gasteiger partial charge in [0, 0.05) is 39.0 Å². The second-order valence-corrected chi connectivity index (χ2v) is 10.9. The first-order chi connectivity index (χ1) is 17.3. The van der Waals surface area contributed by atoms with Crippen molar-refractivity contribution in [1.82, 2.24) is 15.1 Å². The molecule has 8 heteroatoms. The molecule has 0 radical (unpaired) electrons. The van der Waals surface area contributed by atoms with E-state index in [1.165, 1.54) is 5.56 Å². The number of nitrogens with one attached hydrogen (secondary N) is 1. The number of piperazine rings is 1. The normalized spacial score (nSPS) is 24.2. The maximum absolute atomic E-state index is 13.5. The van der Waals surface area contributed by atoms with Gasteiger partial charge < -0.3 is 24.8 Å². The summed E-state index contributed by atoms with van der Waals surface area (Å²) in [6.45, 7) is 10.2. The summed E-state index contributed by atoms with van der Waals surface area (Å²) in [4.78, 5) is 31.0. The third kappa shape index (κ3) is 5.87. The smallest absolute Gasteiger partial charge is 0.248 e. The van der Waals surface area contributed by atoms with Gasteiger partial charge in [-0.05, 0) is 42.9 Å². The minimum Gasteiger partial charge on any atom is -0.490 e. The van der Waals surface area contributed by atoms with Crippen LogP contribution in [0.1, 0.15) is 64.9 Å². The van der Waals surface area contributed by atoms with Crippen LogP contribution in [-0.2, 0) is 20.9 Å². The molecule has 0 saturated carbocycles. The molecule has 200 valence electrons. The van der Waals surface area contributed by atoms with Crippen LogP contribution >= 0.6 is 0 Å². The van der Waals surface area contributed by atoms with Gasteiger partial charge in [0.2, 0.25) is 11.8 Å². The summed E-state index contributed by atoms with van der Waals surface area (Å²) in [5.41, 5.74) is 0.384. The van der Waals surface area contributed by atoms with E-state index in [-0.39, 0.29) is 23.8 Å². The van der Waals surface area contributed by atoms with Gasteiger partial charge in [-0.1, -0.05) is 39.3 Å². The number of aliphatic hydroxyl groups excluding tert-OH is 1. The van der Waals surface area contributed by atoms with E-state index in [9.17, 15) is 14.7 Å². The van der Waals surface area contributed by atoms with Gasteiger partial charge in [0.25, 0.3) is 0 Å². The van der Waals surface area contributed by atoms with Crippen LogP contribution < -0.4 is 10.1 Å². The number of piperidine rings is 1. The summed E-state index contributed by atoms with van der Waals surface area (Å²) in [6.07, 6.45) is 4.19. The van der Waals surface area contributed by atoms with Crippen molar-refractivity contribution in [2.24, 2.45) is 5.92 Å². The Morgan fingerprint density at radius 2 is 1.81 bits per heavy atom. The van der Waals surface area contributed by atoms with Gasteiger partial charge in [0.15, 0.2) is 0 Å². The molecule has 0 aromatic heterocycles. The van der Waals surface area contributed by atoms with E-state index in [1.807, 2.05) is 26.0 Å². The van der Waals surface area contributed by atoms with Gasteiger partial charge in [-0.25, -0.2) is 0 Å². The van der Waals surface area contributed by atoms with Crippen LogP contribution in [0, 0.1) is 5.92 Å². The fourth-order valence-electron chi connectivity index (χ4n) is 5.59. The Bertz CT molecular complexity index is 876. The summed E-state index contributed by atoms with van der Waals surface area (Å²) in [7, 11) is 0. The predicted molar refractivity (Wildman–Crippen MR) is 138 cm³/mol. The van der Waals surface area contributed by atoms with E-state index in [4.69, 9.17) is 9.47 Å². The molecule has 8 nitrogen and oxygen atoms in total. The second-order valence-electron chi connectivity index (χ2n) is 10.9. The molecule has 1 spiro atoms. The fraction of sp³-hybridized carbons (Fsp3) is 0.714. The highest BCUT2D eigenvalue weighted by Crippen LogP contribution is 2.35. The van der Waals surface area contributed by atoms with Crippen molar-refractivity contribution in [2.45, 2.75) is 89.6 Å². The van der Waals surface area contributed by atoms with Gasteiger partial charge >= 0.3 is 0 Å². The zero-order valence-corrected chi connectivity index (χ0v) is 22.1. The molecular formula is C28H43N3O5. The number of carbonyl (C=O) groups is 2. The molecule has 0 unspecified atom stereocenters. The third-order valence-corrected chi connectivity index (χ3v) is 8.00. The monoisotopic (exact) mass is 501 g/mol. The molecule has 4 rings (SSSR count). The van der Waals surface area contributed by atoms with E-state index in [0.717, 1.165) is 64.3 Å². The molecular weight excluding hydrogens is 458 g/mol. The van der Waals surface area contributed by atoms with Crippen LogP contribution in [0.25, 0.3) is 0 Å². The average molecular weight is 502 g/mol. The van der Waals surface area contributed by atoms with Gasteiger partial charge in [-0.2, -0.15) is 0 Å². The zero-order valence-electron chi connectivity index (χ0n) is 22.1. The van der Waals surface area contributed by atoms with Crippen LogP contribution in [0.15, 0.2) is 24.3 Å². The molecule has 0 aliphatic carbocycles. The highest BCUT2D eigenvalue weighted by atomic mass is 16.5. The number of carbonyl (C=O) groups excluding carboxylic acids is 2. The summed E-state index contributed by atoms with van der Waals surface area (Å²) < 4.78 is 11.5. The molecule has 3 aliphatic rings. The van der Waals surface area contributed by atoms with Crippen molar-refractivity contribution in [3.05, 3.63) is 29.8 Å². The van der Waals surface area contributed by atoms with Crippen molar-refractivity contribution < 1.29 is 24.2 Å². The molecule has 36 heavy (non-hydrogen) atoms. The van der Waals surface area contributed by atoms with Crippen LogP contribution in [0.5, 0.6) is 5.75 Å². The van der Waals surface area contributed by atoms with E-state index < -0.39 is 17.7 Å². The molecule has 3 fully saturated rings. The SMILES string of the molecule is CCCCN1C(=O)[C@@H]([C@H](O)C(C)C)NC(=O)C12CCN(Cc1ccc(OC3CCOCC3)cc1)CC2. The number of nitrogens with zero attached hydrogens (tertiary/aromatic N) is 2. The van der Waals surface area contributed by atoms with Crippen molar-refractivity contribution in [1.29, 1.82) is 0 Å². The van der Waals surface area contributed by atoms with Gasteiger partial charge in [-0.15, -0.1) is 0 Å². The first kappa shape index (κ1) is 26.9. The average Bonchev–Trinajstić information content (AvgIpc) is 2.89. The number of hydrogen-bond donors (Lipinski definition) is 2. The van der Waals surface area contributed by atoms with Crippen molar-refractivity contribution in [3.63, 3.8) is 0 Å². The summed E-state index contributed by atoms with van der Waals surface area (Å²) in [5, 5.41) is 13.5. The van der Waals surface area contributed by atoms with E-state index in [0.29, 0.717) is 19.4 Å². The zero-order chi connectivity index (χ0) is 25.7. The lowest BCUT2D eigenvalue weighted by Gasteiger charge is -2.52. The molecule has 2 atom stereocenters. The standard InChI is InChI=1S/C28H43N3O5/c1-4-5-14-31-26(33)24(25(32)20(2)3)29-27(34)28(31)12-15-30(16-13-28)19-21-6-8-22(9-7-21)36-23-10-17-35-18-11-23/h6-9,20,23-25,32H,4-5,10-19H2,1-3H3,(H,29,34)/t24-,25-/m1/s1. The van der Waals surface area contributed by atoms with Crippen molar-refractivity contribution in [3.8, 4) is 5.75 Å². The number of ether oxygens (including phenoxy) is 2. The molecule has 0 bridgehead atoms. The van der Waals surface area contributed by atoms with Crippen molar-refractivity contribution >= 4 is 11.8 Å². The van der Waals surface area contributed by atoms with Gasteiger partial charge in [0.05, 0.1) is 19.3 Å². The minimum atomic E-state index is -0.888. The molecule has 1 aromatic rings. The summed E-state index contributed by atoms with van der Waals surface area (Å²) in [6, 6.07) is 7.44. The summed E-state index contributed by atoms with van der Waals surface area (Å²) in [5.74, 6) is 0.525. The number of rotatable bonds is 9. The molecule has 3 aliphatic heterocycles. The van der Waals surface area contributed by atoms with Crippen molar-refractivity contribution in [2.75, 3.05) is 32.8 Å². The minimum absolute atomic E-state index is 0.114. The molecule has 2 N–H and O–H groups in total. The van der Waals surface area contributed by atoms with Gasteiger partial charge in [0.1, 0.15) is 23.4 Å². The Balaban J connectivity index is 1.37. The van der Waals surface area contributed by atoms with Crippen LogP contribution in [0.2, 0.25) is 0 Å². The largest absolute Gasteiger partial charge is 0.490 e. The third-order valence-electron chi connectivity index (χ3n) is 8.00. The Morgan fingerprint density at radius 3 is 2.42 bits per heavy atom. The number of aliphatic hydroxyl groups is 1. The van der Waals surface area contributed by atoms with Crippen LogP contribution in [0.4, 0.5) is 0 Å². The number of hydrogen-bond acceptors (Lipinski definition) is 6. The molecule has 1 aromatic carbocycles. The number of unbranched alkanes of at least 4 members (excludes halogenated alkanes) is 1. The maximum atomic E-state index is 13.5. The highest BCUT2D eigenvalue weighted by Gasteiger charge is 2.54. The van der Waals surface area contributed by atoms with E-state index in [1.54, 1.807) is 4.90 Å². The Kier molecular flexibility index (Phi) is 8.91. The topological polar surface area (TPSA) is 91.3 Å². The second kappa shape index (κ2) is 11.9. The Hall–Kier alpha value is -2.16. The van der Waals surface area contributed by atoms with E-state index >= 15 is 0 Å². The first-order valence-corrected chi connectivity index (χ1v) is 13.7. The maximum Gasteiger partial charge on any atom is 0.248 e. The van der Waals surface area contributed by atoms with Crippen LogP contribution in [-0.4, -0.2) is 83.4 Å². The molecule has 2 amide bonds. The lowest BCUT2D eigenvalue weighted by Crippen LogP contribution is -2.74. The Morgan fingerprint density at radius 1 is 1.14 bits per heavy atom. The number of amides is 2. The molecule has 3 heterocycles.